The van der Waals surface area contributed by atoms with Gasteiger partial charge in [0.2, 0.25) is 10.0 Å². The van der Waals surface area contributed by atoms with Gasteiger partial charge in [-0.1, -0.05) is 6.92 Å². The Kier molecular flexibility index (Phi) is 5.63. The van der Waals surface area contributed by atoms with Crippen LogP contribution in [0.25, 0.3) is 0 Å². The fourth-order valence-electron chi connectivity index (χ4n) is 2.03. The average molecular weight is 352 g/mol. The van der Waals surface area contributed by atoms with Gasteiger partial charge in [0.1, 0.15) is 10.7 Å². The number of carbonyl (C=O) groups is 1. The fraction of sp³-hybridized carbons (Fsp3) is 0.312. The largest absolute Gasteiger partial charge is 0.478 e. The van der Waals surface area contributed by atoms with Gasteiger partial charge in [-0.2, -0.15) is 0 Å². The second kappa shape index (κ2) is 7.50. The summed E-state index contributed by atoms with van der Waals surface area (Å²) >= 11 is 0. The third kappa shape index (κ3) is 4.36. The minimum Gasteiger partial charge on any atom is -0.478 e. The molecule has 3 N–H and O–H groups in total. The maximum Gasteiger partial charge on any atom is 0.335 e. The van der Waals surface area contributed by atoms with Crippen LogP contribution in [0.1, 0.15) is 36.4 Å². The number of nitrogens with one attached hydrogen (secondary N) is 2. The van der Waals surface area contributed by atoms with Crippen molar-refractivity contribution in [3.8, 4) is 0 Å². The molecule has 1 atom stereocenters. The number of benzene rings is 1. The van der Waals surface area contributed by atoms with Crippen LogP contribution >= 0.6 is 0 Å². The zero-order valence-corrected chi connectivity index (χ0v) is 14.3. The third-order valence-electron chi connectivity index (χ3n) is 3.52. The summed E-state index contributed by atoms with van der Waals surface area (Å²) < 4.78 is 32.9. The van der Waals surface area contributed by atoms with Gasteiger partial charge in [-0.25, -0.2) is 17.9 Å². The summed E-state index contributed by atoms with van der Waals surface area (Å²) in [5, 5.41) is 12.1. The van der Waals surface area contributed by atoms with E-state index in [2.05, 4.69) is 10.0 Å². The van der Waals surface area contributed by atoms with Crippen LogP contribution in [-0.4, -0.2) is 25.5 Å². The van der Waals surface area contributed by atoms with Crippen LogP contribution in [-0.2, 0) is 16.6 Å². The number of furan rings is 1. The molecule has 0 spiro atoms. The lowest BCUT2D eigenvalue weighted by Gasteiger charge is -2.16. The van der Waals surface area contributed by atoms with Crippen LogP contribution in [0.5, 0.6) is 0 Å². The van der Waals surface area contributed by atoms with Gasteiger partial charge >= 0.3 is 5.97 Å². The van der Waals surface area contributed by atoms with Crippen molar-refractivity contribution in [3.63, 3.8) is 0 Å². The Labute approximate surface area is 140 Å². The highest BCUT2D eigenvalue weighted by molar-refractivity contribution is 7.89. The van der Waals surface area contributed by atoms with E-state index < -0.39 is 16.0 Å². The first-order chi connectivity index (χ1) is 11.3. The van der Waals surface area contributed by atoms with E-state index in [0.29, 0.717) is 17.9 Å². The highest BCUT2D eigenvalue weighted by atomic mass is 32.2. The molecule has 0 radical (unpaired) electrons. The molecule has 24 heavy (non-hydrogen) atoms. The van der Waals surface area contributed by atoms with E-state index in [1.807, 2.05) is 6.92 Å². The Hall–Kier alpha value is -2.32. The standard InChI is InChI=1S/C16H20N2O5S/c1-3-11(2)18-24(21,22)15-9-12(16(19)20)6-7-14(15)17-10-13-5-4-8-23-13/h4-9,11,17-18H,3,10H2,1-2H3,(H,19,20)/t11-/m1/s1. The Morgan fingerprint density at radius 1 is 1.33 bits per heavy atom. The third-order valence-corrected chi connectivity index (χ3v) is 5.15. The van der Waals surface area contributed by atoms with Crippen LogP contribution < -0.4 is 10.0 Å². The molecule has 7 nitrogen and oxygen atoms in total. The van der Waals surface area contributed by atoms with E-state index in [9.17, 15) is 13.2 Å². The Morgan fingerprint density at radius 2 is 2.08 bits per heavy atom. The van der Waals surface area contributed by atoms with E-state index in [0.717, 1.165) is 6.07 Å². The highest BCUT2D eigenvalue weighted by Crippen LogP contribution is 2.24. The first-order valence-corrected chi connectivity index (χ1v) is 8.97. The number of aromatic carboxylic acids is 1. The molecule has 0 fully saturated rings. The molecular weight excluding hydrogens is 332 g/mol. The topological polar surface area (TPSA) is 109 Å². The van der Waals surface area contributed by atoms with E-state index >= 15 is 0 Å². The summed E-state index contributed by atoms with van der Waals surface area (Å²) in [4.78, 5) is 11.1. The lowest BCUT2D eigenvalue weighted by atomic mass is 10.2. The van der Waals surface area contributed by atoms with Crippen LogP contribution in [0.4, 0.5) is 5.69 Å². The van der Waals surface area contributed by atoms with Crippen LogP contribution in [0.15, 0.2) is 45.9 Å². The van der Waals surface area contributed by atoms with Crippen molar-refractivity contribution in [2.45, 2.75) is 37.8 Å². The molecule has 0 aliphatic carbocycles. The first-order valence-electron chi connectivity index (χ1n) is 7.49. The number of anilines is 1. The molecule has 8 heteroatoms. The van der Waals surface area contributed by atoms with Crippen molar-refractivity contribution in [1.82, 2.24) is 4.72 Å². The van der Waals surface area contributed by atoms with E-state index in [4.69, 9.17) is 9.52 Å². The SMILES string of the molecule is CC[C@@H](C)NS(=O)(=O)c1cc(C(=O)O)ccc1NCc1ccco1. The number of sulfonamides is 1. The summed E-state index contributed by atoms with van der Waals surface area (Å²) in [7, 11) is -3.86. The minimum atomic E-state index is -3.86. The molecule has 0 unspecified atom stereocenters. The lowest BCUT2D eigenvalue weighted by Crippen LogP contribution is -2.32. The van der Waals surface area contributed by atoms with Crippen molar-refractivity contribution in [1.29, 1.82) is 0 Å². The van der Waals surface area contributed by atoms with Crippen molar-refractivity contribution in [2.75, 3.05) is 5.32 Å². The molecule has 0 bridgehead atoms. The fourth-order valence-corrected chi connectivity index (χ4v) is 3.57. The molecule has 130 valence electrons. The van der Waals surface area contributed by atoms with Gasteiger partial charge in [0, 0.05) is 6.04 Å². The molecule has 0 aliphatic rings. The van der Waals surface area contributed by atoms with E-state index in [1.54, 1.807) is 19.1 Å². The number of rotatable bonds is 8. The molecule has 1 aromatic carbocycles. The molecule has 0 aliphatic heterocycles. The number of hydrogen-bond acceptors (Lipinski definition) is 5. The Bertz CT molecular complexity index is 800. The molecule has 2 rings (SSSR count). The maximum atomic E-state index is 12.6. The predicted octanol–water partition coefficient (Wildman–Crippen LogP) is 2.67. The van der Waals surface area contributed by atoms with Gasteiger partial charge < -0.3 is 14.8 Å². The summed E-state index contributed by atoms with van der Waals surface area (Å²) in [6, 6.07) is 7.17. The molecule has 1 heterocycles. The Morgan fingerprint density at radius 3 is 2.67 bits per heavy atom. The van der Waals surface area contributed by atoms with Crippen LogP contribution in [0, 0.1) is 0 Å². The molecular formula is C16H20N2O5S. The molecule has 0 saturated carbocycles. The van der Waals surface area contributed by atoms with Gasteiger partial charge in [0.05, 0.1) is 24.1 Å². The van der Waals surface area contributed by atoms with Gasteiger partial charge in [0.25, 0.3) is 0 Å². The molecule has 1 aromatic heterocycles. The molecule has 0 saturated heterocycles. The number of carboxylic acids is 1. The lowest BCUT2D eigenvalue weighted by molar-refractivity contribution is 0.0696. The normalized spacial score (nSPS) is 12.8. The second-order valence-electron chi connectivity index (χ2n) is 5.38. The number of carboxylic acid groups (broad SMARTS) is 1. The van der Waals surface area contributed by atoms with E-state index in [-0.39, 0.29) is 23.0 Å². The summed E-state index contributed by atoms with van der Waals surface area (Å²) in [5.74, 6) is -0.553. The monoisotopic (exact) mass is 352 g/mol. The average Bonchev–Trinajstić information content (AvgIpc) is 3.05. The summed E-state index contributed by atoms with van der Waals surface area (Å²) in [6.07, 6.45) is 2.14. The first kappa shape index (κ1) is 18.0. The molecule has 2 aromatic rings. The predicted molar refractivity (Wildman–Crippen MR) is 89.5 cm³/mol. The smallest absolute Gasteiger partial charge is 0.335 e. The maximum absolute atomic E-state index is 12.6. The van der Waals surface area contributed by atoms with Crippen molar-refractivity contribution in [2.24, 2.45) is 0 Å². The Balaban J connectivity index is 2.37. The van der Waals surface area contributed by atoms with Gasteiger partial charge in [-0.15, -0.1) is 0 Å². The zero-order chi connectivity index (χ0) is 17.7. The van der Waals surface area contributed by atoms with Crippen molar-refractivity contribution in [3.05, 3.63) is 47.9 Å². The summed E-state index contributed by atoms with van der Waals surface area (Å²) in [6.45, 7) is 3.89. The van der Waals surface area contributed by atoms with Gasteiger partial charge in [-0.3, -0.25) is 0 Å². The van der Waals surface area contributed by atoms with Gasteiger partial charge in [0.15, 0.2) is 0 Å². The van der Waals surface area contributed by atoms with Crippen molar-refractivity contribution < 1.29 is 22.7 Å². The number of hydrogen-bond donors (Lipinski definition) is 3. The zero-order valence-electron chi connectivity index (χ0n) is 13.4. The second-order valence-corrected chi connectivity index (χ2v) is 7.06. The highest BCUT2D eigenvalue weighted by Gasteiger charge is 2.22. The minimum absolute atomic E-state index is 0.0944. The molecule has 0 amide bonds. The quantitative estimate of drug-likeness (QED) is 0.674. The summed E-state index contributed by atoms with van der Waals surface area (Å²) in [5.41, 5.74) is 0.218. The van der Waals surface area contributed by atoms with E-state index in [1.165, 1.54) is 18.4 Å². The van der Waals surface area contributed by atoms with Crippen molar-refractivity contribution >= 4 is 21.7 Å². The van der Waals surface area contributed by atoms with Crippen LogP contribution in [0.2, 0.25) is 0 Å². The van der Waals surface area contributed by atoms with Crippen LogP contribution in [0.3, 0.4) is 0 Å². The van der Waals surface area contributed by atoms with Gasteiger partial charge in [-0.05, 0) is 43.7 Å².